The van der Waals surface area contributed by atoms with Crippen LogP contribution in [-0.2, 0) is 18.0 Å². The maximum absolute atomic E-state index is 13.2. The molecule has 1 atom stereocenters. The maximum Gasteiger partial charge on any atom is 0.436 e. The third-order valence-corrected chi connectivity index (χ3v) is 4.95. The molecule has 2 heterocycles. The Labute approximate surface area is 154 Å². The normalized spacial score (nSPS) is 15.6. The molecule has 0 aliphatic heterocycles. The molecule has 0 bridgehead atoms. The molecule has 1 saturated carbocycles. The van der Waals surface area contributed by atoms with E-state index < -0.39 is 23.8 Å². The highest BCUT2D eigenvalue weighted by Crippen LogP contribution is 2.47. The monoisotopic (exact) mass is 430 g/mol. The number of halogens is 4. The molecule has 2 aromatic rings. The molecular formula is C15H14BrF3N6O. The molecule has 3 rings (SSSR count). The fraction of sp³-hybridized carbons (Fsp3) is 0.467. The molecule has 11 heteroatoms. The third-order valence-electron chi connectivity index (χ3n) is 4.17. The fourth-order valence-corrected chi connectivity index (χ4v) is 3.44. The smallest absolute Gasteiger partial charge is 0.308 e. The van der Waals surface area contributed by atoms with Crippen LogP contribution in [0.3, 0.4) is 0 Å². The topological polar surface area (TPSA) is 88.5 Å². The van der Waals surface area contributed by atoms with Gasteiger partial charge in [-0.25, -0.2) is 0 Å². The predicted molar refractivity (Wildman–Crippen MR) is 88.2 cm³/mol. The number of aromatic nitrogens is 4. The van der Waals surface area contributed by atoms with Gasteiger partial charge in [-0.2, -0.15) is 28.6 Å². The Morgan fingerprint density at radius 2 is 2.15 bits per heavy atom. The number of amides is 1. The summed E-state index contributed by atoms with van der Waals surface area (Å²) in [5.74, 6) is -0.468. The standard InChI is InChI=1S/C15H14BrF3N6O/c1-7(14(26)22-13-9(5-20)6-21-24(13)2)25-11(8-3-4-8)10(16)12(23-25)15(17,18)19/h6-8H,3-4H2,1-2H3,(H,22,26). The van der Waals surface area contributed by atoms with E-state index in [-0.39, 0.29) is 21.8 Å². The Morgan fingerprint density at radius 1 is 1.50 bits per heavy atom. The second-order valence-corrected chi connectivity index (χ2v) is 6.86. The van der Waals surface area contributed by atoms with Crippen LogP contribution >= 0.6 is 15.9 Å². The van der Waals surface area contributed by atoms with E-state index in [2.05, 4.69) is 31.4 Å². The summed E-state index contributed by atoms with van der Waals surface area (Å²) in [6.45, 7) is 1.46. The van der Waals surface area contributed by atoms with Crippen molar-refractivity contribution in [3.8, 4) is 6.07 Å². The molecule has 1 aliphatic carbocycles. The molecule has 2 aromatic heterocycles. The molecule has 1 amide bonds. The van der Waals surface area contributed by atoms with Crippen LogP contribution in [0.25, 0.3) is 0 Å². The van der Waals surface area contributed by atoms with Gasteiger partial charge in [0.05, 0.1) is 16.4 Å². The van der Waals surface area contributed by atoms with Gasteiger partial charge in [0, 0.05) is 13.0 Å². The molecule has 1 fully saturated rings. The Bertz CT molecular complexity index is 906. The third kappa shape index (κ3) is 3.21. The maximum atomic E-state index is 13.2. The van der Waals surface area contributed by atoms with E-state index >= 15 is 0 Å². The molecule has 0 aromatic carbocycles. The van der Waals surface area contributed by atoms with Gasteiger partial charge in [0.2, 0.25) is 5.91 Å². The summed E-state index contributed by atoms with van der Waals surface area (Å²) < 4.78 is 41.9. The predicted octanol–water partition coefficient (Wildman–Crippen LogP) is 3.35. The minimum absolute atomic E-state index is 0.0606. The van der Waals surface area contributed by atoms with Crippen molar-refractivity contribution in [1.82, 2.24) is 19.6 Å². The van der Waals surface area contributed by atoms with Gasteiger partial charge in [0.15, 0.2) is 5.69 Å². The number of carbonyl (C=O) groups excluding carboxylic acids is 1. The van der Waals surface area contributed by atoms with E-state index in [4.69, 9.17) is 5.26 Å². The number of hydrogen-bond donors (Lipinski definition) is 1. The number of carbonyl (C=O) groups is 1. The largest absolute Gasteiger partial charge is 0.436 e. The Hall–Kier alpha value is -2.35. The van der Waals surface area contributed by atoms with Gasteiger partial charge in [0.1, 0.15) is 23.5 Å². The van der Waals surface area contributed by atoms with Crippen LogP contribution in [0, 0.1) is 11.3 Å². The van der Waals surface area contributed by atoms with Crippen molar-refractivity contribution in [3.05, 3.63) is 27.6 Å². The van der Waals surface area contributed by atoms with Crippen LogP contribution in [0.15, 0.2) is 10.7 Å². The first kappa shape index (κ1) is 18.4. The summed E-state index contributed by atoms with van der Waals surface area (Å²) in [4.78, 5) is 12.6. The van der Waals surface area contributed by atoms with Gasteiger partial charge in [-0.15, -0.1) is 0 Å². The number of alkyl halides is 3. The quantitative estimate of drug-likeness (QED) is 0.805. The van der Waals surface area contributed by atoms with Crippen LogP contribution in [0.2, 0.25) is 0 Å². The van der Waals surface area contributed by atoms with Crippen molar-refractivity contribution in [2.75, 3.05) is 5.32 Å². The summed E-state index contributed by atoms with van der Waals surface area (Å²) >= 11 is 3.00. The molecule has 1 unspecified atom stereocenters. The van der Waals surface area contributed by atoms with Crippen molar-refractivity contribution in [3.63, 3.8) is 0 Å². The molecule has 1 aliphatic rings. The molecule has 0 saturated heterocycles. The molecule has 138 valence electrons. The van der Waals surface area contributed by atoms with Crippen LogP contribution in [0.4, 0.5) is 19.0 Å². The molecular weight excluding hydrogens is 417 g/mol. The second-order valence-electron chi connectivity index (χ2n) is 6.07. The number of anilines is 1. The highest BCUT2D eigenvalue weighted by Gasteiger charge is 2.43. The molecule has 7 nitrogen and oxygen atoms in total. The van der Waals surface area contributed by atoms with Gasteiger partial charge in [-0.05, 0) is 35.7 Å². The highest BCUT2D eigenvalue weighted by atomic mass is 79.9. The van der Waals surface area contributed by atoms with Gasteiger partial charge >= 0.3 is 6.18 Å². The number of rotatable bonds is 4. The van der Waals surface area contributed by atoms with Crippen molar-refractivity contribution in [1.29, 1.82) is 5.26 Å². The first-order chi connectivity index (χ1) is 12.1. The Kier molecular flexibility index (Phi) is 4.56. The van der Waals surface area contributed by atoms with Crippen LogP contribution in [0.5, 0.6) is 0 Å². The van der Waals surface area contributed by atoms with Gasteiger partial charge in [-0.1, -0.05) is 0 Å². The number of hydrogen-bond acceptors (Lipinski definition) is 4. The zero-order chi connectivity index (χ0) is 19.2. The van der Waals surface area contributed by atoms with Gasteiger partial charge in [0.25, 0.3) is 0 Å². The summed E-state index contributed by atoms with van der Waals surface area (Å²) in [7, 11) is 1.54. The van der Waals surface area contributed by atoms with Gasteiger partial charge in [-0.3, -0.25) is 14.2 Å². The lowest BCUT2D eigenvalue weighted by atomic mass is 10.2. The number of nitriles is 1. The SMILES string of the molecule is CC(C(=O)Nc1c(C#N)cnn1C)n1nc(C(F)(F)F)c(Br)c1C1CC1. The van der Waals surface area contributed by atoms with E-state index in [9.17, 15) is 18.0 Å². The van der Waals surface area contributed by atoms with E-state index in [0.29, 0.717) is 5.69 Å². The van der Waals surface area contributed by atoms with Crippen molar-refractivity contribution >= 4 is 27.7 Å². The zero-order valence-electron chi connectivity index (χ0n) is 13.8. The van der Waals surface area contributed by atoms with Crippen molar-refractivity contribution < 1.29 is 18.0 Å². The Balaban J connectivity index is 1.94. The van der Waals surface area contributed by atoms with Crippen LogP contribution < -0.4 is 5.32 Å². The first-order valence-corrected chi connectivity index (χ1v) is 8.52. The lowest BCUT2D eigenvalue weighted by molar-refractivity contribution is -0.142. The van der Waals surface area contributed by atoms with Crippen LogP contribution in [0.1, 0.15) is 48.7 Å². The minimum atomic E-state index is -4.63. The lowest BCUT2D eigenvalue weighted by Crippen LogP contribution is -2.27. The first-order valence-electron chi connectivity index (χ1n) is 7.73. The van der Waals surface area contributed by atoms with Crippen molar-refractivity contribution in [2.24, 2.45) is 7.05 Å². The summed E-state index contributed by atoms with van der Waals surface area (Å²) in [6, 6.07) is 0.896. The van der Waals surface area contributed by atoms with Gasteiger partial charge < -0.3 is 5.32 Å². The highest BCUT2D eigenvalue weighted by molar-refractivity contribution is 9.10. The fourth-order valence-electron chi connectivity index (χ4n) is 2.63. The summed E-state index contributed by atoms with van der Waals surface area (Å²) in [6.07, 6.45) is -1.84. The lowest BCUT2D eigenvalue weighted by Gasteiger charge is -2.16. The van der Waals surface area contributed by atoms with Crippen molar-refractivity contribution in [2.45, 2.75) is 37.9 Å². The van der Waals surface area contributed by atoms with E-state index in [1.54, 1.807) is 7.05 Å². The molecule has 1 N–H and O–H groups in total. The average molecular weight is 431 g/mol. The number of nitrogens with zero attached hydrogens (tertiary/aromatic N) is 5. The van der Waals surface area contributed by atoms with E-state index in [0.717, 1.165) is 17.5 Å². The molecule has 26 heavy (non-hydrogen) atoms. The number of aryl methyl sites for hydroxylation is 1. The zero-order valence-corrected chi connectivity index (χ0v) is 15.4. The minimum Gasteiger partial charge on any atom is -0.308 e. The second kappa shape index (κ2) is 6.42. The molecule has 0 radical (unpaired) electrons. The number of nitrogens with one attached hydrogen (secondary N) is 1. The van der Waals surface area contributed by atoms with E-state index in [1.807, 2.05) is 6.07 Å². The molecule has 0 spiro atoms. The van der Waals surface area contributed by atoms with E-state index in [1.165, 1.54) is 17.8 Å². The van der Waals surface area contributed by atoms with Crippen LogP contribution in [-0.4, -0.2) is 25.5 Å². The summed E-state index contributed by atoms with van der Waals surface area (Å²) in [5, 5.41) is 19.1. The Morgan fingerprint density at radius 3 is 2.69 bits per heavy atom. The summed E-state index contributed by atoms with van der Waals surface area (Å²) in [5.41, 5.74) is -0.518. The average Bonchev–Trinajstić information content (AvgIpc) is 3.25.